The van der Waals surface area contributed by atoms with Gasteiger partial charge in [0.2, 0.25) is 23.7 Å². The van der Waals surface area contributed by atoms with Crippen LogP contribution >= 0.6 is 15.9 Å². The smallest absolute Gasteiger partial charge is 0.253 e. The summed E-state index contributed by atoms with van der Waals surface area (Å²) in [6.45, 7) is 6.90. The monoisotopic (exact) mass is 852 g/mol. The third-order valence-corrected chi connectivity index (χ3v) is 11.6. The molecule has 4 heterocycles. The van der Waals surface area contributed by atoms with E-state index in [-0.39, 0.29) is 23.6 Å². The number of nitrogens with one attached hydrogen (secondary N) is 5. The number of piperidine rings is 2. The SMILES string of the molecule is CNC(=O)c1ccccc1Nc1nc(Nc2cc(C)c(N3CCN(C(=O)CN4CCC(c5ccc(NC6CCC(=O)NC6=O)cc5)CC4)CC3)cc2OC)ncc1Br. The number of aromatic nitrogens is 2. The number of methoxy groups -OCH3 is 1. The van der Waals surface area contributed by atoms with Gasteiger partial charge in [-0.1, -0.05) is 24.3 Å². The summed E-state index contributed by atoms with van der Waals surface area (Å²) in [6.07, 6.45) is 4.44. The van der Waals surface area contributed by atoms with Crippen molar-refractivity contribution >= 4 is 74.1 Å². The van der Waals surface area contributed by atoms with Gasteiger partial charge in [0.1, 0.15) is 17.6 Å². The van der Waals surface area contributed by atoms with Gasteiger partial charge in [-0.2, -0.15) is 4.98 Å². The fourth-order valence-corrected chi connectivity index (χ4v) is 8.06. The van der Waals surface area contributed by atoms with Crippen molar-refractivity contribution < 1.29 is 23.9 Å². The minimum absolute atomic E-state index is 0.163. The van der Waals surface area contributed by atoms with E-state index in [0.29, 0.717) is 90.4 Å². The molecule has 3 aromatic carbocycles. The van der Waals surface area contributed by atoms with Crippen LogP contribution in [0.4, 0.5) is 34.5 Å². The third kappa shape index (κ3) is 9.51. The van der Waals surface area contributed by atoms with E-state index in [1.165, 1.54) is 5.56 Å². The van der Waals surface area contributed by atoms with Gasteiger partial charge in [-0.05, 0) is 103 Å². The molecule has 7 rings (SSSR count). The number of benzene rings is 3. The van der Waals surface area contributed by atoms with E-state index >= 15 is 0 Å². The number of halogens is 1. The topological polar surface area (TPSA) is 173 Å². The maximum absolute atomic E-state index is 13.4. The molecule has 1 unspecified atom stereocenters. The zero-order valence-electron chi connectivity index (χ0n) is 32.9. The van der Waals surface area contributed by atoms with E-state index < -0.39 is 6.04 Å². The Balaban J connectivity index is 0.896. The molecular weight excluding hydrogens is 804 g/mol. The molecule has 16 heteroatoms. The van der Waals surface area contributed by atoms with E-state index in [4.69, 9.17) is 4.74 Å². The van der Waals surface area contributed by atoms with Crippen molar-refractivity contribution in [1.82, 2.24) is 30.4 Å². The number of hydrogen-bond donors (Lipinski definition) is 5. The molecule has 3 saturated heterocycles. The fraction of sp³-hybridized carbons (Fsp3) is 0.381. The molecule has 5 N–H and O–H groups in total. The summed E-state index contributed by atoms with van der Waals surface area (Å²) in [5.74, 6) is 1.34. The lowest BCUT2D eigenvalue weighted by Gasteiger charge is -2.38. The molecule has 304 valence electrons. The van der Waals surface area contributed by atoms with Crippen LogP contribution < -0.4 is 36.2 Å². The molecule has 3 fully saturated rings. The van der Waals surface area contributed by atoms with Crippen LogP contribution in [0.25, 0.3) is 0 Å². The molecule has 15 nitrogen and oxygen atoms in total. The van der Waals surface area contributed by atoms with Crippen molar-refractivity contribution in [3.05, 3.63) is 88.0 Å². The van der Waals surface area contributed by atoms with Gasteiger partial charge in [-0.15, -0.1) is 0 Å². The van der Waals surface area contributed by atoms with Crippen LogP contribution in [0.2, 0.25) is 0 Å². The number of aryl methyl sites for hydroxylation is 1. The highest BCUT2D eigenvalue weighted by Gasteiger charge is 2.29. The Morgan fingerprint density at radius 3 is 2.38 bits per heavy atom. The number of imide groups is 1. The predicted molar refractivity (Wildman–Crippen MR) is 227 cm³/mol. The maximum Gasteiger partial charge on any atom is 0.253 e. The van der Waals surface area contributed by atoms with Crippen molar-refractivity contribution in [1.29, 1.82) is 0 Å². The van der Waals surface area contributed by atoms with E-state index in [1.807, 2.05) is 41.3 Å². The normalized spacial score (nSPS) is 17.7. The second-order valence-corrected chi connectivity index (χ2v) is 15.6. The molecule has 58 heavy (non-hydrogen) atoms. The largest absolute Gasteiger partial charge is 0.494 e. The zero-order valence-corrected chi connectivity index (χ0v) is 34.5. The predicted octanol–water partition coefficient (Wildman–Crippen LogP) is 5.15. The number of hydrogen-bond acceptors (Lipinski definition) is 12. The molecule has 1 aromatic heterocycles. The molecule has 4 aromatic rings. The quantitative estimate of drug-likeness (QED) is 0.119. The van der Waals surface area contributed by atoms with Gasteiger partial charge in [-0.25, -0.2) is 4.98 Å². The van der Waals surface area contributed by atoms with Crippen molar-refractivity contribution in [2.45, 2.75) is 44.6 Å². The first-order chi connectivity index (χ1) is 28.1. The van der Waals surface area contributed by atoms with Gasteiger partial charge in [-0.3, -0.25) is 29.4 Å². The number of anilines is 6. The lowest BCUT2D eigenvalue weighted by molar-refractivity contribution is -0.134. The standard InChI is InChI=1S/C42H49BrN10O5/c1-26-22-34(48-42-45-24-31(43)39(50-42)47-32-7-5-4-6-30(32)40(56)44-2)36(58-3)23-35(26)52-18-20-53(21-19-52)38(55)25-51-16-14-28(15-17-51)27-8-10-29(11-9-27)46-33-12-13-37(54)49-41(33)57/h4-11,22-24,28,33,46H,12-21,25H2,1-3H3,(H,44,56)(H,49,54,57)(H2,45,47,48,50). The van der Waals surface area contributed by atoms with Crippen molar-refractivity contribution in [3.63, 3.8) is 0 Å². The van der Waals surface area contributed by atoms with Crippen LogP contribution in [0, 0.1) is 6.92 Å². The third-order valence-electron chi connectivity index (χ3n) is 11.0. The highest BCUT2D eigenvalue weighted by Crippen LogP contribution is 2.36. The summed E-state index contributed by atoms with van der Waals surface area (Å²) < 4.78 is 6.45. The second kappa shape index (κ2) is 18.2. The lowest BCUT2D eigenvalue weighted by Crippen LogP contribution is -2.52. The van der Waals surface area contributed by atoms with Gasteiger partial charge < -0.3 is 35.8 Å². The number of carbonyl (C=O) groups is 4. The number of likely N-dealkylation sites (tertiary alicyclic amines) is 1. The van der Waals surface area contributed by atoms with Gasteiger partial charge in [0.05, 0.1) is 35.1 Å². The van der Waals surface area contributed by atoms with Crippen LogP contribution in [0.15, 0.2) is 71.3 Å². The van der Waals surface area contributed by atoms with Crippen molar-refractivity contribution in [3.8, 4) is 5.75 Å². The van der Waals surface area contributed by atoms with Crippen LogP contribution in [-0.2, 0) is 14.4 Å². The number of carbonyl (C=O) groups excluding carboxylic acids is 4. The average Bonchev–Trinajstić information content (AvgIpc) is 3.24. The molecule has 3 aliphatic heterocycles. The van der Waals surface area contributed by atoms with E-state index in [1.54, 1.807) is 32.5 Å². The Kier molecular flexibility index (Phi) is 12.7. The molecule has 0 spiro atoms. The average molecular weight is 854 g/mol. The summed E-state index contributed by atoms with van der Waals surface area (Å²) >= 11 is 3.52. The molecule has 0 radical (unpaired) electrons. The number of amides is 4. The van der Waals surface area contributed by atoms with Gasteiger partial charge in [0, 0.05) is 63.3 Å². The van der Waals surface area contributed by atoms with Crippen LogP contribution in [-0.4, -0.2) is 109 Å². The number of rotatable bonds is 12. The van der Waals surface area contributed by atoms with Crippen LogP contribution in [0.5, 0.6) is 5.75 Å². The Labute approximate surface area is 346 Å². The number of ether oxygens (including phenoxy) is 1. The Morgan fingerprint density at radius 2 is 1.67 bits per heavy atom. The van der Waals surface area contributed by atoms with Crippen LogP contribution in [0.1, 0.15) is 53.1 Å². The van der Waals surface area contributed by atoms with E-state index in [0.717, 1.165) is 42.9 Å². The Morgan fingerprint density at radius 1 is 0.931 bits per heavy atom. The minimum atomic E-state index is -0.401. The first kappa shape index (κ1) is 40.5. The summed E-state index contributed by atoms with van der Waals surface area (Å²) in [6, 6.07) is 19.1. The molecule has 1 atom stereocenters. The molecule has 0 bridgehead atoms. The van der Waals surface area contributed by atoms with Crippen molar-refractivity contribution in [2.24, 2.45) is 0 Å². The van der Waals surface area contributed by atoms with Crippen molar-refractivity contribution in [2.75, 3.05) is 80.8 Å². The summed E-state index contributed by atoms with van der Waals surface area (Å²) in [7, 11) is 3.22. The second-order valence-electron chi connectivity index (χ2n) is 14.8. The summed E-state index contributed by atoms with van der Waals surface area (Å²) in [4.78, 5) is 65.1. The fourth-order valence-electron chi connectivity index (χ4n) is 7.77. The Hall–Kier alpha value is -5.74. The van der Waals surface area contributed by atoms with E-state index in [9.17, 15) is 19.2 Å². The number of para-hydroxylation sites is 1. The molecule has 4 amide bonds. The summed E-state index contributed by atoms with van der Waals surface area (Å²) in [5, 5.41) is 14.8. The zero-order chi connectivity index (χ0) is 40.8. The molecule has 0 aliphatic carbocycles. The van der Waals surface area contributed by atoms with Crippen LogP contribution in [0.3, 0.4) is 0 Å². The highest BCUT2D eigenvalue weighted by atomic mass is 79.9. The van der Waals surface area contributed by atoms with Gasteiger partial charge in [0.15, 0.2) is 0 Å². The molecular formula is C42H49BrN10O5. The van der Waals surface area contributed by atoms with Gasteiger partial charge in [0.25, 0.3) is 5.91 Å². The first-order valence-electron chi connectivity index (χ1n) is 19.6. The molecule has 0 saturated carbocycles. The van der Waals surface area contributed by atoms with Gasteiger partial charge >= 0.3 is 0 Å². The maximum atomic E-state index is 13.4. The molecule has 3 aliphatic rings. The van der Waals surface area contributed by atoms with E-state index in [2.05, 4.69) is 81.3 Å². The Bertz CT molecular complexity index is 2150. The first-order valence-corrected chi connectivity index (χ1v) is 20.4. The minimum Gasteiger partial charge on any atom is -0.494 e. The number of nitrogens with zero attached hydrogens (tertiary/aromatic N) is 5. The summed E-state index contributed by atoms with van der Waals surface area (Å²) in [5.41, 5.74) is 6.02. The lowest BCUT2D eigenvalue weighted by atomic mass is 9.89. The highest BCUT2D eigenvalue weighted by molar-refractivity contribution is 9.10. The number of piperazine rings is 1.